The van der Waals surface area contributed by atoms with Crippen molar-refractivity contribution in [2.24, 2.45) is 0 Å². The number of piperidine rings is 1. The third kappa shape index (κ3) is 4.76. The number of benzene rings is 1. The summed E-state index contributed by atoms with van der Waals surface area (Å²) in [6.45, 7) is 5.34. The summed E-state index contributed by atoms with van der Waals surface area (Å²) in [5.74, 6) is -0.524. The van der Waals surface area contributed by atoms with Gasteiger partial charge in [0.25, 0.3) is 0 Å². The summed E-state index contributed by atoms with van der Waals surface area (Å²) in [6.07, 6.45) is 6.86. The van der Waals surface area contributed by atoms with Gasteiger partial charge in [-0.05, 0) is 51.8 Å². The maximum atomic E-state index is 14.7. The Morgan fingerprint density at radius 2 is 1.78 bits per heavy atom. The summed E-state index contributed by atoms with van der Waals surface area (Å²) in [4.78, 5) is 22.5. The first kappa shape index (κ1) is 24.5. The Morgan fingerprint density at radius 3 is 2.39 bits per heavy atom. The summed E-state index contributed by atoms with van der Waals surface area (Å²) in [5, 5.41) is -0.425. The molecule has 192 valence electrons. The highest BCUT2D eigenvalue weighted by Gasteiger charge is 2.42. The molecule has 0 radical (unpaired) electrons. The number of carbonyl (C=O) groups is 1. The largest absolute Gasteiger partial charge is 0.474 e. The predicted molar refractivity (Wildman–Crippen MR) is 127 cm³/mol. The SMILES string of the molecule is Cc1c(Oc2ccc(S(=O)(=O)C3CC3)cc2F)ncnc1OC1CC2C=C[C@@H](C1)N2C(=O)OC(C)C. The number of fused-ring (bicyclic) bond motifs is 2. The lowest BCUT2D eigenvalue weighted by molar-refractivity contribution is 0.0263. The lowest BCUT2D eigenvalue weighted by Crippen LogP contribution is -2.50. The van der Waals surface area contributed by atoms with Gasteiger partial charge in [-0.3, -0.25) is 4.90 Å². The number of rotatable bonds is 7. The standard InChI is InChI=1S/C25H28FN3O6S/c1-14(2)33-25(30)29-16-4-5-17(29)11-18(10-16)34-23-15(3)24(28-13-27-23)35-22-9-8-20(12-21(22)26)36(31,32)19-6-7-19/h4-5,8-9,12-14,16-19H,6-7,10-11H2,1-3H3/t16-,17?,18?/m0/s1. The minimum atomic E-state index is -3.51. The van der Waals surface area contributed by atoms with Crippen molar-refractivity contribution >= 4 is 15.9 Å². The molecule has 0 spiro atoms. The van der Waals surface area contributed by atoms with Crippen molar-refractivity contribution in [3.8, 4) is 17.5 Å². The molecule has 11 heteroatoms. The minimum absolute atomic E-state index is 0.0508. The number of nitrogens with zero attached hydrogens (tertiary/aromatic N) is 3. The van der Waals surface area contributed by atoms with E-state index in [9.17, 15) is 17.6 Å². The van der Waals surface area contributed by atoms with Gasteiger partial charge in [0.05, 0.1) is 33.9 Å². The van der Waals surface area contributed by atoms with Gasteiger partial charge in [0.2, 0.25) is 11.8 Å². The first-order valence-electron chi connectivity index (χ1n) is 12.0. The number of amides is 1. The number of hydrogen-bond donors (Lipinski definition) is 0. The van der Waals surface area contributed by atoms with Crippen LogP contribution in [0.4, 0.5) is 9.18 Å². The molecular weight excluding hydrogens is 489 g/mol. The molecule has 3 aliphatic rings. The van der Waals surface area contributed by atoms with E-state index in [0.717, 1.165) is 6.07 Å². The van der Waals surface area contributed by atoms with E-state index >= 15 is 0 Å². The fourth-order valence-corrected chi connectivity index (χ4v) is 6.22. The van der Waals surface area contributed by atoms with Crippen LogP contribution in [0.5, 0.6) is 17.5 Å². The van der Waals surface area contributed by atoms with Gasteiger partial charge < -0.3 is 14.2 Å². The maximum Gasteiger partial charge on any atom is 0.411 e. The molecule has 9 nitrogen and oxygen atoms in total. The van der Waals surface area contributed by atoms with E-state index in [2.05, 4.69) is 9.97 Å². The normalized spacial score (nSPS) is 23.1. The third-order valence-electron chi connectivity index (χ3n) is 6.50. The number of aromatic nitrogens is 2. The molecule has 5 rings (SSSR count). The van der Waals surface area contributed by atoms with Crippen LogP contribution in [0.25, 0.3) is 0 Å². The lowest BCUT2D eigenvalue weighted by Gasteiger charge is -2.38. The van der Waals surface area contributed by atoms with Crippen LogP contribution >= 0.6 is 0 Å². The Hall–Kier alpha value is -3.21. The maximum absolute atomic E-state index is 14.7. The third-order valence-corrected chi connectivity index (χ3v) is 8.76. The number of ether oxygens (including phenoxy) is 3. The van der Waals surface area contributed by atoms with Crippen molar-refractivity contribution in [2.45, 2.75) is 80.9 Å². The van der Waals surface area contributed by atoms with Crippen molar-refractivity contribution in [3.63, 3.8) is 0 Å². The van der Waals surface area contributed by atoms with E-state index in [1.54, 1.807) is 11.8 Å². The van der Waals surface area contributed by atoms with Crippen molar-refractivity contribution in [1.82, 2.24) is 14.9 Å². The van der Waals surface area contributed by atoms with E-state index < -0.39 is 20.9 Å². The van der Waals surface area contributed by atoms with Crippen LogP contribution in [-0.4, -0.2) is 58.9 Å². The molecule has 2 fully saturated rings. The van der Waals surface area contributed by atoms with E-state index in [0.29, 0.717) is 37.1 Å². The van der Waals surface area contributed by atoms with Gasteiger partial charge in [0, 0.05) is 12.8 Å². The Balaban J connectivity index is 1.27. The van der Waals surface area contributed by atoms with Crippen LogP contribution in [0.3, 0.4) is 0 Å². The molecule has 2 unspecified atom stereocenters. The summed E-state index contributed by atoms with van der Waals surface area (Å²) in [6, 6.07) is 3.37. The van der Waals surface area contributed by atoms with Gasteiger partial charge in [-0.2, -0.15) is 0 Å². The fourth-order valence-electron chi connectivity index (χ4n) is 4.55. The zero-order valence-corrected chi connectivity index (χ0v) is 21.1. The summed E-state index contributed by atoms with van der Waals surface area (Å²) in [7, 11) is -3.51. The van der Waals surface area contributed by atoms with Gasteiger partial charge in [0.1, 0.15) is 12.4 Å². The van der Waals surface area contributed by atoms with Crippen LogP contribution in [-0.2, 0) is 14.6 Å². The average Bonchev–Trinajstić information content (AvgIpc) is 3.63. The van der Waals surface area contributed by atoms with Crippen LogP contribution in [0.1, 0.15) is 45.1 Å². The molecule has 36 heavy (non-hydrogen) atoms. The minimum Gasteiger partial charge on any atom is -0.474 e. The van der Waals surface area contributed by atoms with Crippen LogP contribution in [0, 0.1) is 12.7 Å². The molecule has 3 heterocycles. The molecule has 1 aliphatic carbocycles. The second kappa shape index (κ2) is 9.34. The number of halogens is 1. The molecule has 1 aromatic heterocycles. The second-order valence-corrected chi connectivity index (χ2v) is 11.8. The molecule has 0 N–H and O–H groups in total. The van der Waals surface area contributed by atoms with Crippen molar-refractivity contribution in [3.05, 3.63) is 48.1 Å². The monoisotopic (exact) mass is 517 g/mol. The Kier molecular flexibility index (Phi) is 6.36. The van der Waals surface area contributed by atoms with E-state index in [-0.39, 0.29) is 46.9 Å². The molecule has 1 saturated heterocycles. The molecule has 2 bridgehead atoms. The first-order chi connectivity index (χ1) is 17.1. The van der Waals surface area contributed by atoms with Gasteiger partial charge in [0.15, 0.2) is 21.4 Å². The summed E-state index contributed by atoms with van der Waals surface area (Å²) < 4.78 is 56.7. The highest BCUT2D eigenvalue weighted by Crippen LogP contribution is 2.37. The zero-order chi connectivity index (χ0) is 25.6. The van der Waals surface area contributed by atoms with Crippen LogP contribution in [0.15, 0.2) is 41.6 Å². The number of hydrogen-bond acceptors (Lipinski definition) is 8. The van der Waals surface area contributed by atoms with Crippen LogP contribution in [0.2, 0.25) is 0 Å². The van der Waals surface area contributed by atoms with E-state index in [1.165, 1.54) is 18.5 Å². The molecule has 2 aliphatic heterocycles. The smallest absolute Gasteiger partial charge is 0.411 e. The predicted octanol–water partition coefficient (Wildman–Crippen LogP) is 4.35. The fraction of sp³-hybridized carbons (Fsp3) is 0.480. The zero-order valence-electron chi connectivity index (χ0n) is 20.3. The van der Waals surface area contributed by atoms with Crippen molar-refractivity contribution < 1.29 is 31.8 Å². The van der Waals surface area contributed by atoms with Crippen molar-refractivity contribution in [1.29, 1.82) is 0 Å². The lowest BCUT2D eigenvalue weighted by atomic mass is 9.99. The Bertz CT molecular complexity index is 1290. The number of sulfone groups is 1. The quantitative estimate of drug-likeness (QED) is 0.499. The summed E-state index contributed by atoms with van der Waals surface area (Å²) >= 11 is 0. The highest BCUT2D eigenvalue weighted by atomic mass is 32.2. The van der Waals surface area contributed by atoms with Gasteiger partial charge >= 0.3 is 6.09 Å². The number of carbonyl (C=O) groups excluding carboxylic acids is 1. The second-order valence-electron chi connectivity index (χ2n) is 9.62. The Morgan fingerprint density at radius 1 is 1.11 bits per heavy atom. The molecule has 1 aromatic carbocycles. The van der Waals surface area contributed by atoms with E-state index in [1.807, 2.05) is 26.0 Å². The first-order valence-corrected chi connectivity index (χ1v) is 13.5. The Labute approximate surface area is 209 Å². The van der Waals surface area contributed by atoms with Gasteiger partial charge in [-0.1, -0.05) is 12.2 Å². The van der Waals surface area contributed by atoms with Gasteiger partial charge in [-0.15, -0.1) is 0 Å². The molecular formula is C25H28FN3O6S. The van der Waals surface area contributed by atoms with Crippen LogP contribution < -0.4 is 9.47 Å². The highest BCUT2D eigenvalue weighted by molar-refractivity contribution is 7.92. The molecule has 1 saturated carbocycles. The summed E-state index contributed by atoms with van der Waals surface area (Å²) in [5.41, 5.74) is 0.480. The van der Waals surface area contributed by atoms with Crippen molar-refractivity contribution in [2.75, 3.05) is 0 Å². The molecule has 3 atom stereocenters. The van der Waals surface area contributed by atoms with E-state index in [4.69, 9.17) is 14.2 Å². The molecule has 1 amide bonds. The topological polar surface area (TPSA) is 108 Å². The molecule has 2 aromatic rings. The van der Waals surface area contributed by atoms with Gasteiger partial charge in [-0.25, -0.2) is 27.6 Å². The average molecular weight is 518 g/mol.